The third-order valence-electron chi connectivity index (χ3n) is 3.29. The zero-order chi connectivity index (χ0) is 15.2. The van der Waals surface area contributed by atoms with Gasteiger partial charge in [0.1, 0.15) is 0 Å². The average molecular weight is 323 g/mol. The number of amides is 1. The summed E-state index contributed by atoms with van der Waals surface area (Å²) in [5, 5.41) is 5.89. The Balaban J connectivity index is 2.09. The highest BCUT2D eigenvalue weighted by molar-refractivity contribution is 8.00. The Morgan fingerprint density at radius 3 is 2.71 bits per heavy atom. The smallest absolute Gasteiger partial charge is 0.232 e. The molecule has 0 aliphatic carbocycles. The van der Waals surface area contributed by atoms with E-state index in [-0.39, 0.29) is 5.91 Å². The maximum absolute atomic E-state index is 12.1. The zero-order valence-electron chi connectivity index (χ0n) is 12.2. The van der Waals surface area contributed by atoms with Crippen LogP contribution in [0.3, 0.4) is 0 Å². The van der Waals surface area contributed by atoms with Gasteiger partial charge in [0.2, 0.25) is 5.91 Å². The molecular weight excluding hydrogens is 304 g/mol. The molecule has 5 heteroatoms. The minimum absolute atomic E-state index is 0.124. The first-order valence-corrected chi connectivity index (χ1v) is 8.18. The maximum Gasteiger partial charge on any atom is 0.232 e. The Kier molecular flexibility index (Phi) is 5.91. The molecule has 0 atom stereocenters. The fourth-order valence-electron chi connectivity index (χ4n) is 2.04. The van der Waals surface area contributed by atoms with E-state index >= 15 is 0 Å². The van der Waals surface area contributed by atoms with Gasteiger partial charge in [-0.3, -0.25) is 4.79 Å². The minimum Gasteiger partial charge on any atom is -0.344 e. The van der Waals surface area contributed by atoms with E-state index in [1.54, 1.807) is 4.90 Å². The summed E-state index contributed by atoms with van der Waals surface area (Å²) < 4.78 is 0. The molecule has 0 aromatic heterocycles. The first kappa shape index (κ1) is 16.1. The van der Waals surface area contributed by atoms with Crippen LogP contribution in [0, 0.1) is 0 Å². The van der Waals surface area contributed by atoms with Crippen molar-refractivity contribution >= 4 is 40.0 Å². The lowest BCUT2D eigenvalue weighted by molar-refractivity contribution is -0.127. The zero-order valence-corrected chi connectivity index (χ0v) is 13.8. The molecule has 0 aliphatic heterocycles. The van der Waals surface area contributed by atoms with Crippen LogP contribution in [-0.2, 0) is 4.79 Å². The van der Waals surface area contributed by atoms with Crippen LogP contribution < -0.4 is 5.32 Å². The third kappa shape index (κ3) is 4.13. The maximum atomic E-state index is 12.1. The molecular formula is C16H19ClN2OS. The number of fused-ring (bicyclic) bond motifs is 1. The standard InChI is InChI=1S/C16H19ClN2OS/c1-18-9-10-19(2)15(20)11-21-14-8-4-6-12-5-3-7-13(17)16(12)14/h3-8,18H,9-11H2,1-2H3. The summed E-state index contributed by atoms with van der Waals surface area (Å²) >= 11 is 7.83. The van der Waals surface area contributed by atoms with Crippen LogP contribution in [-0.4, -0.2) is 43.7 Å². The quantitative estimate of drug-likeness (QED) is 0.828. The van der Waals surface area contributed by atoms with Gasteiger partial charge in [-0.1, -0.05) is 35.9 Å². The lowest BCUT2D eigenvalue weighted by Crippen LogP contribution is -2.33. The number of halogens is 1. The summed E-state index contributed by atoms with van der Waals surface area (Å²) in [5.74, 6) is 0.546. The van der Waals surface area contributed by atoms with Crippen LogP contribution >= 0.6 is 23.4 Å². The van der Waals surface area contributed by atoms with E-state index in [1.807, 2.05) is 50.5 Å². The Morgan fingerprint density at radius 1 is 1.29 bits per heavy atom. The van der Waals surface area contributed by atoms with Crippen molar-refractivity contribution in [1.29, 1.82) is 0 Å². The van der Waals surface area contributed by atoms with Gasteiger partial charge in [0, 0.05) is 35.4 Å². The van der Waals surface area contributed by atoms with E-state index in [4.69, 9.17) is 11.6 Å². The third-order valence-corrected chi connectivity index (χ3v) is 4.65. The number of nitrogens with zero attached hydrogens (tertiary/aromatic N) is 1. The molecule has 21 heavy (non-hydrogen) atoms. The molecule has 0 heterocycles. The summed E-state index contributed by atoms with van der Waals surface area (Å²) in [7, 11) is 3.71. The number of thioether (sulfide) groups is 1. The molecule has 1 N–H and O–H groups in total. The largest absolute Gasteiger partial charge is 0.344 e. The molecule has 0 aliphatic rings. The van der Waals surface area contributed by atoms with Crippen LogP contribution in [0.4, 0.5) is 0 Å². The van der Waals surface area contributed by atoms with Gasteiger partial charge in [-0.2, -0.15) is 0 Å². The van der Waals surface area contributed by atoms with E-state index in [9.17, 15) is 4.79 Å². The number of carbonyl (C=O) groups is 1. The van der Waals surface area contributed by atoms with Gasteiger partial charge in [0.05, 0.1) is 5.75 Å². The summed E-state index contributed by atoms with van der Waals surface area (Å²) in [6, 6.07) is 11.9. The lowest BCUT2D eigenvalue weighted by atomic mass is 10.1. The van der Waals surface area contributed by atoms with Crippen LogP contribution in [0.5, 0.6) is 0 Å². The number of hydrogen-bond acceptors (Lipinski definition) is 3. The van der Waals surface area contributed by atoms with Gasteiger partial charge < -0.3 is 10.2 Å². The van der Waals surface area contributed by atoms with Gasteiger partial charge in [-0.25, -0.2) is 0 Å². The van der Waals surface area contributed by atoms with E-state index < -0.39 is 0 Å². The molecule has 0 saturated heterocycles. The summed E-state index contributed by atoms with van der Waals surface area (Å²) in [4.78, 5) is 14.9. The highest BCUT2D eigenvalue weighted by atomic mass is 35.5. The molecule has 0 fully saturated rings. The average Bonchev–Trinajstić information content (AvgIpc) is 2.50. The molecule has 112 valence electrons. The van der Waals surface area contributed by atoms with Gasteiger partial charge >= 0.3 is 0 Å². The van der Waals surface area contributed by atoms with Crippen molar-refractivity contribution < 1.29 is 4.79 Å². The predicted molar refractivity (Wildman–Crippen MR) is 91.2 cm³/mol. The SMILES string of the molecule is CNCCN(C)C(=O)CSc1cccc2cccc(Cl)c12. The van der Waals surface area contributed by atoms with Gasteiger partial charge in [-0.05, 0) is 24.6 Å². The fourth-order valence-corrected chi connectivity index (χ4v) is 3.42. The summed E-state index contributed by atoms with van der Waals surface area (Å²) in [5.41, 5.74) is 0. The van der Waals surface area contributed by atoms with Gasteiger partial charge in [0.15, 0.2) is 0 Å². The Labute approximate surface area is 134 Å². The van der Waals surface area contributed by atoms with Crippen LogP contribution in [0.15, 0.2) is 41.3 Å². The highest BCUT2D eigenvalue weighted by Crippen LogP contribution is 2.33. The monoisotopic (exact) mass is 322 g/mol. The Bertz CT molecular complexity index is 627. The molecule has 1 amide bonds. The van der Waals surface area contributed by atoms with Crippen molar-refractivity contribution in [3.8, 4) is 0 Å². The van der Waals surface area contributed by atoms with Crippen molar-refractivity contribution in [2.45, 2.75) is 4.90 Å². The normalized spacial score (nSPS) is 10.8. The van der Waals surface area contributed by atoms with Gasteiger partial charge in [-0.15, -0.1) is 11.8 Å². The molecule has 3 nitrogen and oxygen atoms in total. The first-order valence-electron chi connectivity index (χ1n) is 6.82. The predicted octanol–water partition coefficient (Wildman–Crippen LogP) is 3.26. The van der Waals surface area contributed by atoms with Gasteiger partial charge in [0.25, 0.3) is 0 Å². The van der Waals surface area contributed by atoms with Crippen molar-refractivity contribution in [3.63, 3.8) is 0 Å². The van der Waals surface area contributed by atoms with E-state index in [0.717, 1.165) is 27.2 Å². The van der Waals surface area contributed by atoms with Crippen LogP contribution in [0.25, 0.3) is 10.8 Å². The number of benzene rings is 2. The summed E-state index contributed by atoms with van der Waals surface area (Å²) in [6.45, 7) is 1.51. The lowest BCUT2D eigenvalue weighted by Gasteiger charge is -2.17. The van der Waals surface area contributed by atoms with E-state index in [2.05, 4.69) is 5.32 Å². The topological polar surface area (TPSA) is 32.3 Å². The number of likely N-dealkylation sites (N-methyl/N-ethyl adjacent to an activating group) is 2. The minimum atomic E-state index is 0.124. The molecule has 2 aromatic carbocycles. The molecule has 0 spiro atoms. The van der Waals surface area contributed by atoms with Crippen molar-refractivity contribution in [3.05, 3.63) is 41.4 Å². The Hall–Kier alpha value is -1.23. The van der Waals surface area contributed by atoms with E-state index in [0.29, 0.717) is 12.3 Å². The first-order chi connectivity index (χ1) is 10.1. The second kappa shape index (κ2) is 7.69. The number of nitrogens with one attached hydrogen (secondary N) is 1. The molecule has 0 bridgehead atoms. The molecule has 2 rings (SSSR count). The van der Waals surface area contributed by atoms with Crippen LogP contribution in [0.1, 0.15) is 0 Å². The molecule has 2 aromatic rings. The Morgan fingerprint density at radius 2 is 2.00 bits per heavy atom. The number of rotatable bonds is 6. The number of carbonyl (C=O) groups excluding carboxylic acids is 1. The van der Waals surface area contributed by atoms with E-state index in [1.165, 1.54) is 11.8 Å². The van der Waals surface area contributed by atoms with Crippen molar-refractivity contribution in [2.75, 3.05) is 32.9 Å². The summed E-state index contributed by atoms with van der Waals surface area (Å²) in [6.07, 6.45) is 0. The molecule has 0 unspecified atom stereocenters. The second-order valence-electron chi connectivity index (χ2n) is 4.80. The molecule has 0 saturated carbocycles. The van der Waals surface area contributed by atoms with Crippen molar-refractivity contribution in [2.24, 2.45) is 0 Å². The number of hydrogen-bond donors (Lipinski definition) is 1. The van der Waals surface area contributed by atoms with Crippen LogP contribution in [0.2, 0.25) is 5.02 Å². The fraction of sp³-hybridized carbons (Fsp3) is 0.312. The molecule has 0 radical (unpaired) electrons. The van der Waals surface area contributed by atoms with Crippen molar-refractivity contribution in [1.82, 2.24) is 10.2 Å². The highest BCUT2D eigenvalue weighted by Gasteiger charge is 2.11. The second-order valence-corrected chi connectivity index (χ2v) is 6.23.